The molecule has 160 valence electrons. The molecule has 0 aromatic carbocycles. The highest BCUT2D eigenvalue weighted by molar-refractivity contribution is 7.91. The number of alkyl halides is 2. The van der Waals surface area contributed by atoms with E-state index in [4.69, 9.17) is 0 Å². The lowest BCUT2D eigenvalue weighted by Gasteiger charge is -2.15. The maximum Gasteiger partial charge on any atom is 0.341 e. The van der Waals surface area contributed by atoms with Crippen LogP contribution in [0.25, 0.3) is 0 Å². The summed E-state index contributed by atoms with van der Waals surface area (Å²) in [5.74, 6) is -4.03. The first-order valence-electron chi connectivity index (χ1n) is 9.29. The molecule has 30 heavy (non-hydrogen) atoms. The van der Waals surface area contributed by atoms with Gasteiger partial charge in [0.15, 0.2) is 5.78 Å². The highest BCUT2D eigenvalue weighted by atomic mass is 32.2. The maximum atomic E-state index is 13.0. The average molecular weight is 438 g/mol. The van der Waals surface area contributed by atoms with Crippen LogP contribution in [0.3, 0.4) is 0 Å². The van der Waals surface area contributed by atoms with Gasteiger partial charge in [-0.15, -0.1) is 0 Å². The Kier molecular flexibility index (Phi) is 6.40. The lowest BCUT2D eigenvalue weighted by molar-refractivity contribution is -0.116. The fourth-order valence-electron chi connectivity index (χ4n) is 2.76. The number of aromatic nitrogens is 2. The van der Waals surface area contributed by atoms with Gasteiger partial charge in [0.2, 0.25) is 15.7 Å². The summed E-state index contributed by atoms with van der Waals surface area (Å²) in [5.41, 5.74) is 0.215. The number of halogens is 2. The van der Waals surface area contributed by atoms with Crippen LogP contribution < -0.4 is 10.6 Å². The number of anilines is 3. The second-order valence-corrected chi connectivity index (χ2v) is 8.75. The van der Waals surface area contributed by atoms with Crippen molar-refractivity contribution in [3.8, 4) is 0 Å². The Morgan fingerprint density at radius 1 is 1.27 bits per heavy atom. The SMILES string of the molecule is CCC(=O)c1cnc(NC(=O)CC2CC2)cc1Nc1ncccc1S(=O)(=O)C(F)F. The number of Topliss-reactive ketones (excluding diaryl/α,β-unsaturated/α-hetero) is 1. The molecule has 0 bridgehead atoms. The number of rotatable bonds is 9. The van der Waals surface area contributed by atoms with Crippen molar-refractivity contribution >= 4 is 38.9 Å². The molecule has 1 amide bonds. The molecule has 0 saturated heterocycles. The average Bonchev–Trinajstić information content (AvgIpc) is 3.51. The van der Waals surface area contributed by atoms with Crippen LogP contribution in [0.2, 0.25) is 0 Å². The summed E-state index contributed by atoms with van der Waals surface area (Å²) in [6.45, 7) is 1.63. The first-order chi connectivity index (χ1) is 14.2. The molecule has 0 radical (unpaired) electrons. The third-order valence-corrected chi connectivity index (χ3v) is 5.94. The first kappa shape index (κ1) is 21.8. The summed E-state index contributed by atoms with van der Waals surface area (Å²) in [5, 5.41) is 5.28. The molecule has 0 atom stereocenters. The van der Waals surface area contributed by atoms with Gasteiger partial charge in [-0.25, -0.2) is 18.4 Å². The van der Waals surface area contributed by atoms with E-state index in [0.717, 1.165) is 18.9 Å². The smallest absolute Gasteiger partial charge is 0.338 e. The molecule has 1 aliphatic rings. The van der Waals surface area contributed by atoms with Crippen molar-refractivity contribution in [2.45, 2.75) is 43.3 Å². The number of hydrogen-bond donors (Lipinski definition) is 2. The molecule has 2 heterocycles. The van der Waals surface area contributed by atoms with Crippen molar-refractivity contribution in [2.24, 2.45) is 5.92 Å². The minimum atomic E-state index is -4.93. The van der Waals surface area contributed by atoms with E-state index in [1.165, 1.54) is 24.5 Å². The lowest BCUT2D eigenvalue weighted by Crippen LogP contribution is -2.16. The van der Waals surface area contributed by atoms with E-state index in [0.29, 0.717) is 12.3 Å². The van der Waals surface area contributed by atoms with Gasteiger partial charge in [-0.2, -0.15) is 8.78 Å². The van der Waals surface area contributed by atoms with E-state index in [9.17, 15) is 26.8 Å². The van der Waals surface area contributed by atoms with E-state index in [1.807, 2.05) is 0 Å². The van der Waals surface area contributed by atoms with Crippen LogP contribution in [0.15, 0.2) is 35.5 Å². The number of hydrogen-bond acceptors (Lipinski definition) is 7. The van der Waals surface area contributed by atoms with Gasteiger partial charge >= 0.3 is 5.76 Å². The predicted octanol–water partition coefficient (Wildman–Crippen LogP) is 3.55. The molecule has 0 spiro atoms. The quantitative estimate of drug-likeness (QED) is 0.575. The summed E-state index contributed by atoms with van der Waals surface area (Å²) in [4.78, 5) is 31.5. The molecule has 2 aromatic rings. The summed E-state index contributed by atoms with van der Waals surface area (Å²) in [6.07, 6.45) is 4.96. The number of nitrogens with one attached hydrogen (secondary N) is 2. The minimum Gasteiger partial charge on any atom is -0.338 e. The molecule has 3 rings (SSSR count). The standard InChI is InChI=1S/C19H20F2N4O4S/c1-2-14(26)12-10-23-16(25-17(27)8-11-5-6-11)9-13(12)24-18-15(4-3-7-22-18)30(28,29)19(20)21/h3-4,7,9-11,19H,2,5-6,8H2,1H3,(H2,22,23,24,25,27). The highest BCUT2D eigenvalue weighted by Gasteiger charge is 2.30. The van der Waals surface area contributed by atoms with Gasteiger partial charge in [0, 0.05) is 31.3 Å². The second-order valence-electron chi connectivity index (χ2n) is 6.87. The second kappa shape index (κ2) is 8.82. The van der Waals surface area contributed by atoms with Crippen molar-refractivity contribution < 1.29 is 26.8 Å². The summed E-state index contributed by atoms with van der Waals surface area (Å²) < 4.78 is 50.0. The van der Waals surface area contributed by atoms with E-state index < -0.39 is 20.5 Å². The summed E-state index contributed by atoms with van der Waals surface area (Å²) >= 11 is 0. The van der Waals surface area contributed by atoms with Crippen molar-refractivity contribution in [1.29, 1.82) is 0 Å². The summed E-state index contributed by atoms with van der Waals surface area (Å²) in [7, 11) is -4.93. The molecule has 0 unspecified atom stereocenters. The zero-order valence-electron chi connectivity index (χ0n) is 16.1. The lowest BCUT2D eigenvalue weighted by atomic mass is 10.1. The van der Waals surface area contributed by atoms with E-state index in [2.05, 4.69) is 20.6 Å². The Morgan fingerprint density at radius 2 is 2.00 bits per heavy atom. The number of pyridine rings is 2. The number of nitrogens with zero attached hydrogens (tertiary/aromatic N) is 2. The van der Waals surface area contributed by atoms with Crippen molar-refractivity contribution in [2.75, 3.05) is 10.6 Å². The molecule has 2 N–H and O–H groups in total. The first-order valence-corrected chi connectivity index (χ1v) is 10.8. The van der Waals surface area contributed by atoms with Crippen molar-refractivity contribution in [3.05, 3.63) is 36.2 Å². The Balaban J connectivity index is 1.96. The third-order valence-electron chi connectivity index (χ3n) is 4.53. The molecule has 1 saturated carbocycles. The Hall–Kier alpha value is -2.95. The third kappa shape index (κ3) is 4.96. The van der Waals surface area contributed by atoms with Crippen LogP contribution in [0.1, 0.15) is 43.0 Å². The number of amides is 1. The van der Waals surface area contributed by atoms with Gasteiger partial charge in [0.1, 0.15) is 16.5 Å². The zero-order valence-corrected chi connectivity index (χ0v) is 16.9. The molecule has 2 aromatic heterocycles. The Morgan fingerprint density at radius 3 is 2.63 bits per heavy atom. The number of carbonyl (C=O) groups is 2. The van der Waals surface area contributed by atoms with Gasteiger partial charge in [-0.1, -0.05) is 6.92 Å². The maximum absolute atomic E-state index is 13.0. The fraction of sp³-hybridized carbons (Fsp3) is 0.368. The van der Waals surface area contributed by atoms with Gasteiger partial charge in [0.05, 0.1) is 11.3 Å². The van der Waals surface area contributed by atoms with Gasteiger partial charge in [0.25, 0.3) is 0 Å². The monoisotopic (exact) mass is 438 g/mol. The molecular weight excluding hydrogens is 418 g/mol. The van der Waals surface area contributed by atoms with Gasteiger partial charge < -0.3 is 10.6 Å². The van der Waals surface area contributed by atoms with Crippen LogP contribution in [0.4, 0.5) is 26.1 Å². The topological polar surface area (TPSA) is 118 Å². The van der Waals surface area contributed by atoms with Crippen molar-refractivity contribution in [1.82, 2.24) is 9.97 Å². The highest BCUT2D eigenvalue weighted by Crippen LogP contribution is 2.33. The van der Waals surface area contributed by atoms with Crippen molar-refractivity contribution in [3.63, 3.8) is 0 Å². The van der Waals surface area contributed by atoms with Crippen LogP contribution in [-0.4, -0.2) is 35.8 Å². The summed E-state index contributed by atoms with van der Waals surface area (Å²) in [6, 6.07) is 3.56. The van der Waals surface area contributed by atoms with Crippen LogP contribution in [0, 0.1) is 5.92 Å². The van der Waals surface area contributed by atoms with Crippen LogP contribution >= 0.6 is 0 Å². The number of carbonyl (C=O) groups excluding carboxylic acids is 2. The number of ketones is 1. The van der Waals surface area contributed by atoms with Crippen LogP contribution in [0.5, 0.6) is 0 Å². The zero-order chi connectivity index (χ0) is 21.9. The van der Waals surface area contributed by atoms with Crippen LogP contribution in [-0.2, 0) is 14.6 Å². The minimum absolute atomic E-state index is 0.1000. The predicted molar refractivity (Wildman–Crippen MR) is 106 cm³/mol. The fourth-order valence-corrected chi connectivity index (χ4v) is 3.59. The molecule has 1 fully saturated rings. The van der Waals surface area contributed by atoms with Gasteiger partial charge in [-0.05, 0) is 30.9 Å². The largest absolute Gasteiger partial charge is 0.341 e. The van der Waals surface area contributed by atoms with E-state index in [1.54, 1.807) is 6.92 Å². The van der Waals surface area contributed by atoms with E-state index in [-0.39, 0.29) is 41.0 Å². The Bertz CT molecular complexity index is 1070. The Labute approximate surface area is 172 Å². The molecule has 1 aliphatic carbocycles. The van der Waals surface area contributed by atoms with Gasteiger partial charge in [-0.3, -0.25) is 9.59 Å². The molecule has 11 heteroatoms. The normalized spacial score (nSPS) is 13.9. The molecule has 0 aliphatic heterocycles. The molecular formula is C19H20F2N4O4S. The number of sulfone groups is 1. The molecule has 8 nitrogen and oxygen atoms in total. The van der Waals surface area contributed by atoms with E-state index >= 15 is 0 Å².